The van der Waals surface area contributed by atoms with Gasteiger partial charge in [-0.25, -0.2) is 9.97 Å². The van der Waals surface area contributed by atoms with E-state index in [1.54, 1.807) is 0 Å². The fourth-order valence-electron chi connectivity index (χ4n) is 1.59. The van der Waals surface area contributed by atoms with Crippen LogP contribution in [0.15, 0.2) is 6.33 Å². The van der Waals surface area contributed by atoms with E-state index in [1.807, 2.05) is 6.92 Å². The molecule has 1 aromatic heterocycles. The summed E-state index contributed by atoms with van der Waals surface area (Å²) in [7, 11) is 0. The van der Waals surface area contributed by atoms with Crippen LogP contribution < -0.4 is 4.90 Å². The Kier molecular flexibility index (Phi) is 4.68. The number of carbonyl (C=O) groups is 1. The van der Waals surface area contributed by atoms with E-state index in [4.69, 9.17) is 11.6 Å². The van der Waals surface area contributed by atoms with Crippen molar-refractivity contribution < 1.29 is 4.79 Å². The van der Waals surface area contributed by atoms with Gasteiger partial charge in [-0.15, -0.1) is 0 Å². The first kappa shape index (κ1) is 12.9. The van der Waals surface area contributed by atoms with Crippen LogP contribution >= 0.6 is 11.6 Å². The zero-order valence-corrected chi connectivity index (χ0v) is 10.5. The van der Waals surface area contributed by atoms with Gasteiger partial charge >= 0.3 is 0 Å². The first-order chi connectivity index (χ1) is 7.65. The number of aromatic nitrogens is 2. The Morgan fingerprint density at radius 1 is 1.50 bits per heavy atom. The first-order valence-corrected chi connectivity index (χ1v) is 5.75. The second kappa shape index (κ2) is 5.80. The van der Waals surface area contributed by atoms with Crippen LogP contribution in [0.5, 0.6) is 0 Å². The highest BCUT2D eigenvalue weighted by atomic mass is 35.5. The summed E-state index contributed by atoms with van der Waals surface area (Å²) in [5, 5.41) is 0.210. The normalized spacial score (nSPS) is 12.2. The van der Waals surface area contributed by atoms with Crippen molar-refractivity contribution in [3.05, 3.63) is 17.0 Å². The minimum Gasteiger partial charge on any atom is -0.353 e. The molecule has 1 unspecified atom stereocenters. The lowest BCUT2D eigenvalue weighted by Gasteiger charge is -2.29. The number of aldehydes is 1. The average Bonchev–Trinajstić information content (AvgIpc) is 2.30. The average molecular weight is 242 g/mol. The quantitative estimate of drug-likeness (QED) is 0.587. The lowest BCUT2D eigenvalue weighted by molar-refractivity contribution is 0.112. The molecule has 0 aliphatic heterocycles. The molecule has 0 aliphatic rings. The lowest BCUT2D eigenvalue weighted by atomic mass is 10.2. The van der Waals surface area contributed by atoms with E-state index in [1.165, 1.54) is 6.33 Å². The molecule has 5 heteroatoms. The number of halogens is 1. The minimum absolute atomic E-state index is 0.210. The number of nitrogens with zero attached hydrogens (tertiary/aromatic N) is 3. The van der Waals surface area contributed by atoms with Gasteiger partial charge in [-0.1, -0.05) is 18.5 Å². The first-order valence-electron chi connectivity index (χ1n) is 5.37. The zero-order chi connectivity index (χ0) is 12.1. The molecule has 4 nitrogen and oxygen atoms in total. The number of hydrogen-bond acceptors (Lipinski definition) is 4. The smallest absolute Gasteiger partial charge is 0.156 e. The van der Waals surface area contributed by atoms with Crippen LogP contribution in [0.1, 0.15) is 37.6 Å². The molecule has 0 aliphatic carbocycles. The van der Waals surface area contributed by atoms with E-state index in [0.29, 0.717) is 23.7 Å². The fraction of sp³-hybridized carbons (Fsp3) is 0.545. The van der Waals surface area contributed by atoms with Gasteiger partial charge in [0, 0.05) is 12.6 Å². The molecule has 0 bridgehead atoms. The highest BCUT2D eigenvalue weighted by molar-refractivity contribution is 6.32. The zero-order valence-electron chi connectivity index (χ0n) is 9.77. The Balaban J connectivity index is 3.19. The highest BCUT2D eigenvalue weighted by Crippen LogP contribution is 2.23. The van der Waals surface area contributed by atoms with Crippen molar-refractivity contribution in [3.63, 3.8) is 0 Å². The Bertz CT molecular complexity index is 370. The van der Waals surface area contributed by atoms with Crippen molar-refractivity contribution in [1.82, 2.24) is 9.97 Å². The number of carbonyl (C=O) groups excluding carboxylic acids is 1. The predicted molar refractivity (Wildman–Crippen MR) is 65.2 cm³/mol. The molecule has 0 spiro atoms. The van der Waals surface area contributed by atoms with Crippen LogP contribution in [0.2, 0.25) is 5.15 Å². The Morgan fingerprint density at radius 2 is 2.19 bits per heavy atom. The van der Waals surface area contributed by atoms with E-state index in [2.05, 4.69) is 28.7 Å². The summed E-state index contributed by atoms with van der Waals surface area (Å²) in [5.74, 6) is 0.617. The summed E-state index contributed by atoms with van der Waals surface area (Å²) < 4.78 is 0. The van der Waals surface area contributed by atoms with Crippen LogP contribution in [0.3, 0.4) is 0 Å². The largest absolute Gasteiger partial charge is 0.353 e. The summed E-state index contributed by atoms with van der Waals surface area (Å²) in [4.78, 5) is 21.0. The van der Waals surface area contributed by atoms with Gasteiger partial charge in [-0.3, -0.25) is 4.79 Å². The second-order valence-electron chi connectivity index (χ2n) is 3.56. The topological polar surface area (TPSA) is 46.1 Å². The molecule has 0 amide bonds. The Hall–Kier alpha value is -1.16. The van der Waals surface area contributed by atoms with Crippen molar-refractivity contribution in [2.45, 2.75) is 33.2 Å². The highest BCUT2D eigenvalue weighted by Gasteiger charge is 2.18. The second-order valence-corrected chi connectivity index (χ2v) is 3.92. The number of rotatable bonds is 5. The maximum Gasteiger partial charge on any atom is 0.156 e. The van der Waals surface area contributed by atoms with E-state index in [-0.39, 0.29) is 5.15 Å². The van der Waals surface area contributed by atoms with Gasteiger partial charge in [0.25, 0.3) is 0 Å². The van der Waals surface area contributed by atoms with Gasteiger partial charge in [-0.05, 0) is 20.3 Å². The Morgan fingerprint density at radius 3 is 2.69 bits per heavy atom. The standard InChI is InChI=1S/C11H16ClN3O/c1-4-8(3)15(5-2)11-9(6-16)10(12)13-7-14-11/h6-8H,4-5H2,1-3H3. The van der Waals surface area contributed by atoms with Crippen LogP contribution in [0, 0.1) is 0 Å². The Labute approximate surface area is 101 Å². The van der Waals surface area contributed by atoms with Crippen molar-refractivity contribution in [1.29, 1.82) is 0 Å². The van der Waals surface area contributed by atoms with Crippen LogP contribution in [-0.2, 0) is 0 Å². The van der Waals surface area contributed by atoms with E-state index < -0.39 is 0 Å². The van der Waals surface area contributed by atoms with Crippen LogP contribution in [0.25, 0.3) is 0 Å². The summed E-state index contributed by atoms with van der Waals surface area (Å²) in [6.45, 7) is 6.99. The van der Waals surface area contributed by atoms with Crippen LogP contribution in [-0.4, -0.2) is 28.8 Å². The van der Waals surface area contributed by atoms with Gasteiger partial charge in [-0.2, -0.15) is 0 Å². The SMILES string of the molecule is CCC(C)N(CC)c1ncnc(Cl)c1C=O. The van der Waals surface area contributed by atoms with Crippen molar-refractivity contribution in [2.75, 3.05) is 11.4 Å². The number of hydrogen-bond donors (Lipinski definition) is 0. The number of anilines is 1. The molecular formula is C11H16ClN3O. The van der Waals surface area contributed by atoms with Gasteiger partial charge in [0.15, 0.2) is 6.29 Å². The maximum atomic E-state index is 11.0. The fourth-order valence-corrected chi connectivity index (χ4v) is 1.76. The lowest BCUT2D eigenvalue weighted by Crippen LogP contribution is -2.34. The summed E-state index contributed by atoms with van der Waals surface area (Å²) >= 11 is 5.87. The third-order valence-electron chi connectivity index (χ3n) is 2.67. The molecule has 0 saturated carbocycles. The molecule has 0 saturated heterocycles. The summed E-state index contributed by atoms with van der Waals surface area (Å²) in [6, 6.07) is 0.315. The molecule has 88 valence electrons. The molecule has 0 radical (unpaired) electrons. The maximum absolute atomic E-state index is 11.0. The summed E-state index contributed by atoms with van der Waals surface area (Å²) in [5.41, 5.74) is 0.367. The van der Waals surface area contributed by atoms with E-state index >= 15 is 0 Å². The monoisotopic (exact) mass is 241 g/mol. The molecule has 1 rings (SSSR count). The molecule has 16 heavy (non-hydrogen) atoms. The molecule has 0 N–H and O–H groups in total. The third-order valence-corrected chi connectivity index (χ3v) is 2.97. The molecular weight excluding hydrogens is 226 g/mol. The predicted octanol–water partition coefficient (Wildman–Crippen LogP) is 2.57. The van der Waals surface area contributed by atoms with E-state index in [0.717, 1.165) is 13.0 Å². The summed E-state index contributed by atoms with van der Waals surface area (Å²) in [6.07, 6.45) is 3.08. The molecule has 1 atom stereocenters. The third kappa shape index (κ3) is 2.50. The van der Waals surface area contributed by atoms with E-state index in [9.17, 15) is 4.79 Å². The van der Waals surface area contributed by atoms with Crippen molar-refractivity contribution in [2.24, 2.45) is 0 Å². The molecule has 0 fully saturated rings. The van der Waals surface area contributed by atoms with Gasteiger partial charge in [0.1, 0.15) is 17.3 Å². The van der Waals surface area contributed by atoms with Crippen molar-refractivity contribution in [3.8, 4) is 0 Å². The molecule has 1 heterocycles. The molecule has 1 aromatic rings. The van der Waals surface area contributed by atoms with Gasteiger partial charge < -0.3 is 4.90 Å². The van der Waals surface area contributed by atoms with Crippen LogP contribution in [0.4, 0.5) is 5.82 Å². The van der Waals surface area contributed by atoms with Crippen molar-refractivity contribution >= 4 is 23.7 Å². The minimum atomic E-state index is 0.210. The van der Waals surface area contributed by atoms with Gasteiger partial charge in [0.2, 0.25) is 0 Å². The molecule has 0 aromatic carbocycles. The van der Waals surface area contributed by atoms with Gasteiger partial charge in [0.05, 0.1) is 5.56 Å².